The van der Waals surface area contributed by atoms with E-state index >= 15 is 0 Å². The zero-order valence-electron chi connectivity index (χ0n) is 8.83. The van der Waals surface area contributed by atoms with Gasteiger partial charge in [-0.25, -0.2) is 0 Å². The molecule has 0 bridgehead atoms. The molecule has 0 radical (unpaired) electrons. The van der Waals surface area contributed by atoms with Crippen LogP contribution in [0.3, 0.4) is 0 Å². The molecular weight excluding hydrogens is 195 g/mol. The van der Waals surface area contributed by atoms with Crippen molar-refractivity contribution in [2.75, 3.05) is 0 Å². The minimum Gasteiger partial charge on any atom is -0.345 e. The molecule has 0 aromatic heterocycles. The summed E-state index contributed by atoms with van der Waals surface area (Å²) in [5, 5.41) is 1.91. The van der Waals surface area contributed by atoms with Gasteiger partial charge in [0, 0.05) is 6.42 Å². The van der Waals surface area contributed by atoms with E-state index in [1.165, 1.54) is 0 Å². The molecule has 1 unspecified atom stereocenters. The Morgan fingerprint density at radius 2 is 1.71 bits per heavy atom. The molecular formula is C9H16F3NO. The van der Waals surface area contributed by atoms with Crippen LogP contribution < -0.4 is 5.32 Å². The minimum atomic E-state index is -4.37. The van der Waals surface area contributed by atoms with Gasteiger partial charge in [-0.1, -0.05) is 20.8 Å². The summed E-state index contributed by atoms with van der Waals surface area (Å²) in [4.78, 5) is 11.1. The lowest BCUT2D eigenvalue weighted by Gasteiger charge is -2.21. The van der Waals surface area contributed by atoms with Crippen molar-refractivity contribution in [1.82, 2.24) is 5.32 Å². The van der Waals surface area contributed by atoms with Gasteiger partial charge in [0.05, 0.1) is 0 Å². The third-order valence-corrected chi connectivity index (χ3v) is 1.56. The standard InChI is InChI=1S/C9H16F3NO/c1-6(9(10,11)12)13-7(14)5-8(2,3)4/h6H,5H2,1-4H3,(H,13,14). The fraction of sp³-hybridized carbons (Fsp3) is 0.889. The molecule has 1 N–H and O–H groups in total. The molecule has 0 aromatic carbocycles. The van der Waals surface area contributed by atoms with Crippen molar-refractivity contribution in [3.05, 3.63) is 0 Å². The number of rotatable bonds is 2. The maximum atomic E-state index is 12.0. The molecule has 0 spiro atoms. The number of halogens is 3. The average molecular weight is 211 g/mol. The Bertz CT molecular complexity index is 205. The van der Waals surface area contributed by atoms with Gasteiger partial charge in [0.2, 0.25) is 5.91 Å². The lowest BCUT2D eigenvalue weighted by Crippen LogP contribution is -2.44. The van der Waals surface area contributed by atoms with Crippen molar-refractivity contribution >= 4 is 5.91 Å². The highest BCUT2D eigenvalue weighted by atomic mass is 19.4. The maximum Gasteiger partial charge on any atom is 0.408 e. The number of amides is 1. The summed E-state index contributed by atoms with van der Waals surface area (Å²) in [7, 11) is 0. The molecule has 14 heavy (non-hydrogen) atoms. The molecule has 5 heteroatoms. The van der Waals surface area contributed by atoms with Gasteiger partial charge in [-0.2, -0.15) is 13.2 Å². The third-order valence-electron chi connectivity index (χ3n) is 1.56. The lowest BCUT2D eigenvalue weighted by atomic mass is 9.92. The topological polar surface area (TPSA) is 29.1 Å². The van der Waals surface area contributed by atoms with Crippen LogP contribution in [0.15, 0.2) is 0 Å². The van der Waals surface area contributed by atoms with Gasteiger partial charge in [0.25, 0.3) is 0 Å². The van der Waals surface area contributed by atoms with Crippen molar-refractivity contribution in [2.45, 2.75) is 46.3 Å². The third kappa shape index (κ3) is 5.83. The summed E-state index contributed by atoms with van der Waals surface area (Å²) in [6.45, 7) is 6.32. The molecule has 0 aliphatic rings. The molecule has 0 aliphatic heterocycles. The predicted octanol–water partition coefficient (Wildman–Crippen LogP) is 2.49. The predicted molar refractivity (Wildman–Crippen MR) is 47.7 cm³/mol. The minimum absolute atomic E-state index is 0.0907. The Morgan fingerprint density at radius 1 is 1.29 bits per heavy atom. The molecule has 1 amide bonds. The summed E-state index contributed by atoms with van der Waals surface area (Å²) < 4.78 is 36.1. The largest absolute Gasteiger partial charge is 0.408 e. The van der Waals surface area contributed by atoms with Gasteiger partial charge in [-0.15, -0.1) is 0 Å². The smallest absolute Gasteiger partial charge is 0.345 e. The highest BCUT2D eigenvalue weighted by molar-refractivity contribution is 5.76. The van der Waals surface area contributed by atoms with Crippen LogP contribution in [0.4, 0.5) is 13.2 Å². The summed E-state index contributed by atoms with van der Waals surface area (Å²) >= 11 is 0. The van der Waals surface area contributed by atoms with Crippen LogP contribution in [0.25, 0.3) is 0 Å². The number of carbonyl (C=O) groups excluding carboxylic acids is 1. The molecule has 0 aliphatic carbocycles. The number of carbonyl (C=O) groups is 1. The first-order valence-electron chi connectivity index (χ1n) is 4.38. The summed E-state index contributed by atoms with van der Waals surface area (Å²) in [5.41, 5.74) is -0.296. The molecule has 0 saturated heterocycles. The molecule has 0 aromatic rings. The van der Waals surface area contributed by atoms with Gasteiger partial charge >= 0.3 is 6.18 Å². The Kier molecular flexibility index (Phi) is 3.97. The van der Waals surface area contributed by atoms with Gasteiger partial charge in [0.15, 0.2) is 0 Å². The van der Waals surface area contributed by atoms with Crippen LogP contribution in [-0.4, -0.2) is 18.1 Å². The SMILES string of the molecule is CC(NC(=O)CC(C)(C)C)C(F)(F)F. The first kappa shape index (κ1) is 13.3. The van der Waals surface area contributed by atoms with Crippen molar-refractivity contribution in [2.24, 2.45) is 5.41 Å². The average Bonchev–Trinajstić information content (AvgIpc) is 1.79. The van der Waals surface area contributed by atoms with E-state index in [-0.39, 0.29) is 11.8 Å². The van der Waals surface area contributed by atoms with Crippen molar-refractivity contribution in [3.63, 3.8) is 0 Å². The van der Waals surface area contributed by atoms with Gasteiger partial charge < -0.3 is 5.32 Å². The molecule has 0 rings (SSSR count). The summed E-state index contributed by atoms with van der Waals surface area (Å²) in [6, 6.07) is -1.78. The molecule has 0 saturated carbocycles. The van der Waals surface area contributed by atoms with Crippen LogP contribution in [0.1, 0.15) is 34.1 Å². The van der Waals surface area contributed by atoms with Gasteiger partial charge in [-0.3, -0.25) is 4.79 Å². The second-order valence-corrected chi connectivity index (χ2v) is 4.57. The normalized spacial score (nSPS) is 15.1. The highest BCUT2D eigenvalue weighted by Crippen LogP contribution is 2.21. The summed E-state index contributed by atoms with van der Waals surface area (Å²) in [5.74, 6) is -0.567. The highest BCUT2D eigenvalue weighted by Gasteiger charge is 2.37. The number of hydrogen-bond acceptors (Lipinski definition) is 1. The maximum absolute atomic E-state index is 12.0. The van der Waals surface area contributed by atoms with E-state index in [0.717, 1.165) is 6.92 Å². The zero-order chi connectivity index (χ0) is 11.6. The van der Waals surface area contributed by atoms with E-state index < -0.39 is 18.1 Å². The van der Waals surface area contributed by atoms with E-state index in [1.807, 2.05) is 5.32 Å². The number of hydrogen-bond donors (Lipinski definition) is 1. The van der Waals surface area contributed by atoms with E-state index in [4.69, 9.17) is 0 Å². The first-order valence-corrected chi connectivity index (χ1v) is 4.38. The Morgan fingerprint density at radius 3 is 2.00 bits per heavy atom. The van der Waals surface area contributed by atoms with E-state index in [9.17, 15) is 18.0 Å². The van der Waals surface area contributed by atoms with Crippen LogP contribution in [0, 0.1) is 5.41 Å². The second-order valence-electron chi connectivity index (χ2n) is 4.57. The zero-order valence-corrected chi connectivity index (χ0v) is 8.83. The fourth-order valence-electron chi connectivity index (χ4n) is 0.856. The fourth-order valence-corrected chi connectivity index (χ4v) is 0.856. The summed E-state index contributed by atoms with van der Waals surface area (Å²) in [6.07, 6.45) is -4.28. The van der Waals surface area contributed by atoms with Crippen LogP contribution in [-0.2, 0) is 4.79 Å². The number of nitrogens with one attached hydrogen (secondary N) is 1. The van der Waals surface area contributed by atoms with Crippen molar-refractivity contribution in [3.8, 4) is 0 Å². The van der Waals surface area contributed by atoms with E-state index in [1.54, 1.807) is 20.8 Å². The molecule has 2 nitrogen and oxygen atoms in total. The Hall–Kier alpha value is -0.740. The molecule has 0 heterocycles. The van der Waals surface area contributed by atoms with Crippen molar-refractivity contribution < 1.29 is 18.0 Å². The van der Waals surface area contributed by atoms with Crippen LogP contribution in [0.2, 0.25) is 0 Å². The van der Waals surface area contributed by atoms with Crippen LogP contribution >= 0.6 is 0 Å². The monoisotopic (exact) mass is 211 g/mol. The first-order chi connectivity index (χ1) is 6.02. The van der Waals surface area contributed by atoms with E-state index in [0.29, 0.717) is 0 Å². The molecule has 0 fully saturated rings. The Balaban J connectivity index is 4.09. The Labute approximate surface area is 81.9 Å². The van der Waals surface area contributed by atoms with E-state index in [2.05, 4.69) is 0 Å². The molecule has 1 atom stereocenters. The van der Waals surface area contributed by atoms with Gasteiger partial charge in [0.1, 0.15) is 6.04 Å². The van der Waals surface area contributed by atoms with Gasteiger partial charge in [-0.05, 0) is 12.3 Å². The lowest BCUT2D eigenvalue weighted by molar-refractivity contribution is -0.158. The number of alkyl halides is 3. The van der Waals surface area contributed by atoms with Crippen molar-refractivity contribution in [1.29, 1.82) is 0 Å². The molecule has 84 valence electrons. The second kappa shape index (κ2) is 4.19. The van der Waals surface area contributed by atoms with Crippen LogP contribution in [0.5, 0.6) is 0 Å². The quantitative estimate of drug-likeness (QED) is 0.747.